The molecule has 136 valence electrons. The van der Waals surface area contributed by atoms with Crippen molar-refractivity contribution in [3.8, 4) is 0 Å². The summed E-state index contributed by atoms with van der Waals surface area (Å²) < 4.78 is 13.4. The third-order valence-electron chi connectivity index (χ3n) is 6.46. The molecule has 4 fully saturated rings. The molecule has 4 aliphatic heterocycles. The Bertz CT molecular complexity index is 825. The zero-order chi connectivity index (χ0) is 17.8. The maximum atomic E-state index is 13.4. The lowest BCUT2D eigenvalue weighted by Gasteiger charge is -2.51. The zero-order valence-electron chi connectivity index (χ0n) is 14.9. The van der Waals surface area contributed by atoms with Gasteiger partial charge in [-0.2, -0.15) is 0 Å². The minimum absolute atomic E-state index is 0.00791. The van der Waals surface area contributed by atoms with E-state index < -0.39 is 0 Å². The van der Waals surface area contributed by atoms with E-state index in [4.69, 9.17) is 0 Å². The maximum Gasteiger partial charge on any atom is 0.289 e. The Morgan fingerprint density at radius 1 is 1.19 bits per heavy atom. The van der Waals surface area contributed by atoms with Gasteiger partial charge in [0.15, 0.2) is 5.82 Å². The number of likely N-dealkylation sites (tertiary alicyclic amines) is 1. The number of hydrogen-bond acceptors (Lipinski definition) is 3. The number of hydrogen-bond donors (Lipinski definition) is 1. The second kappa shape index (κ2) is 5.91. The monoisotopic (exact) mass is 354 g/mol. The van der Waals surface area contributed by atoms with Crippen molar-refractivity contribution in [2.45, 2.75) is 37.8 Å². The molecule has 0 unspecified atom stereocenters. The molecule has 1 N–H and O–H groups in total. The van der Waals surface area contributed by atoms with E-state index in [0.29, 0.717) is 24.3 Å². The van der Waals surface area contributed by atoms with Crippen molar-refractivity contribution in [3.05, 3.63) is 53.4 Å². The van der Waals surface area contributed by atoms with Crippen molar-refractivity contribution in [3.63, 3.8) is 0 Å². The molecule has 0 aliphatic carbocycles. The van der Waals surface area contributed by atoms with Gasteiger partial charge in [-0.15, -0.1) is 0 Å². The van der Waals surface area contributed by atoms with Crippen LogP contribution in [0.4, 0.5) is 4.39 Å². The van der Waals surface area contributed by atoms with Gasteiger partial charge in [-0.25, -0.2) is 9.37 Å². The topological polar surface area (TPSA) is 52.2 Å². The number of carbonyl (C=O) groups is 1. The highest BCUT2D eigenvalue weighted by atomic mass is 19.1. The molecule has 0 radical (unpaired) electrons. The third-order valence-corrected chi connectivity index (χ3v) is 6.46. The number of aromatic amines is 1. The molecule has 2 bridgehead atoms. The van der Waals surface area contributed by atoms with Crippen LogP contribution >= 0.6 is 0 Å². The van der Waals surface area contributed by atoms with Crippen molar-refractivity contribution in [2.24, 2.45) is 5.92 Å². The molecule has 1 aromatic carbocycles. The Kier molecular flexibility index (Phi) is 3.64. The Morgan fingerprint density at radius 2 is 1.92 bits per heavy atom. The second-order valence-electron chi connectivity index (χ2n) is 7.88. The quantitative estimate of drug-likeness (QED) is 0.902. The van der Waals surface area contributed by atoms with E-state index in [0.717, 1.165) is 37.2 Å². The van der Waals surface area contributed by atoms with E-state index in [2.05, 4.69) is 14.9 Å². The van der Waals surface area contributed by atoms with Crippen LogP contribution in [0.15, 0.2) is 30.5 Å². The number of carbonyl (C=O) groups excluding carboxylic acids is 1. The first-order valence-electron chi connectivity index (χ1n) is 9.44. The average Bonchev–Trinajstić information content (AvgIpc) is 3.28. The number of fused-ring (bicyclic) bond motifs is 2. The van der Waals surface area contributed by atoms with Crippen LogP contribution in [0.25, 0.3) is 0 Å². The number of H-pyrrole nitrogens is 1. The van der Waals surface area contributed by atoms with Crippen LogP contribution in [0.1, 0.15) is 40.6 Å². The molecule has 6 heteroatoms. The second-order valence-corrected chi connectivity index (χ2v) is 7.88. The van der Waals surface area contributed by atoms with Crippen LogP contribution in [-0.2, 0) is 0 Å². The van der Waals surface area contributed by atoms with Crippen molar-refractivity contribution in [1.82, 2.24) is 19.8 Å². The van der Waals surface area contributed by atoms with E-state index in [-0.39, 0.29) is 23.7 Å². The normalized spacial score (nSPS) is 32.7. The minimum atomic E-state index is -0.215. The van der Waals surface area contributed by atoms with Crippen LogP contribution in [0, 0.1) is 18.7 Å². The molecule has 0 saturated carbocycles. The zero-order valence-corrected chi connectivity index (χ0v) is 14.9. The summed E-state index contributed by atoms with van der Waals surface area (Å²) in [6, 6.07) is 7.37. The van der Waals surface area contributed by atoms with Gasteiger partial charge in [0, 0.05) is 30.4 Å². The van der Waals surface area contributed by atoms with Gasteiger partial charge in [-0.3, -0.25) is 9.69 Å². The molecular weight excluding hydrogens is 331 g/mol. The standard InChI is InChI=1S/C20H23FN4O/c1-12-10-22-19(23-12)20(26)25-11-16(13-2-4-15(21)5-3-13)18-17(25)14-6-8-24(18)9-7-14/h2-5,10,14,16-18H,6-9,11H2,1H3,(H,22,23)/t16-,17+,18+/m1/s1. The summed E-state index contributed by atoms with van der Waals surface area (Å²) in [6.45, 7) is 4.79. The van der Waals surface area contributed by atoms with Gasteiger partial charge >= 0.3 is 0 Å². The lowest BCUT2D eigenvalue weighted by Crippen LogP contribution is -2.60. The molecule has 0 spiro atoms. The number of piperidine rings is 3. The summed E-state index contributed by atoms with van der Waals surface area (Å²) in [4.78, 5) is 25.1. The summed E-state index contributed by atoms with van der Waals surface area (Å²) in [5, 5.41) is 0. The molecule has 1 amide bonds. The lowest BCUT2D eigenvalue weighted by molar-refractivity contribution is -0.00374. The molecule has 4 aliphatic rings. The number of imidazole rings is 1. The number of aryl methyl sites for hydroxylation is 1. The number of benzene rings is 1. The van der Waals surface area contributed by atoms with Crippen LogP contribution < -0.4 is 0 Å². The Hall–Kier alpha value is -2.21. The van der Waals surface area contributed by atoms with E-state index in [9.17, 15) is 9.18 Å². The minimum Gasteiger partial charge on any atom is -0.338 e. The summed E-state index contributed by atoms with van der Waals surface area (Å²) in [5.41, 5.74) is 2.02. The Balaban J connectivity index is 1.52. The molecule has 3 atom stereocenters. The van der Waals surface area contributed by atoms with E-state index in [1.165, 1.54) is 12.1 Å². The smallest absolute Gasteiger partial charge is 0.289 e. The number of nitrogens with zero attached hydrogens (tertiary/aromatic N) is 3. The van der Waals surface area contributed by atoms with Gasteiger partial charge in [0.25, 0.3) is 5.91 Å². The summed E-state index contributed by atoms with van der Waals surface area (Å²) in [6.07, 6.45) is 4.01. The van der Waals surface area contributed by atoms with Gasteiger partial charge < -0.3 is 9.88 Å². The van der Waals surface area contributed by atoms with Gasteiger partial charge in [0.1, 0.15) is 5.82 Å². The molecule has 4 saturated heterocycles. The number of aromatic nitrogens is 2. The first-order valence-corrected chi connectivity index (χ1v) is 9.44. The maximum absolute atomic E-state index is 13.4. The van der Waals surface area contributed by atoms with Gasteiger partial charge in [0.05, 0.1) is 6.04 Å². The lowest BCUT2D eigenvalue weighted by atomic mass is 9.75. The first-order chi connectivity index (χ1) is 12.6. The summed E-state index contributed by atoms with van der Waals surface area (Å²) in [7, 11) is 0. The number of amides is 1. The van der Waals surface area contributed by atoms with Crippen LogP contribution in [0.3, 0.4) is 0 Å². The van der Waals surface area contributed by atoms with Crippen LogP contribution in [0.5, 0.6) is 0 Å². The summed E-state index contributed by atoms with van der Waals surface area (Å²) >= 11 is 0. The van der Waals surface area contributed by atoms with Crippen LogP contribution in [0.2, 0.25) is 0 Å². The number of nitrogens with one attached hydrogen (secondary N) is 1. The SMILES string of the molecule is Cc1cnc(C(=O)N2C[C@H](c3ccc(F)cc3)[C@H]3[C@@H]2C2CCN3CC2)[nH]1. The molecule has 26 heavy (non-hydrogen) atoms. The highest BCUT2D eigenvalue weighted by Gasteiger charge is 2.54. The van der Waals surface area contributed by atoms with Gasteiger partial charge in [-0.1, -0.05) is 12.1 Å². The first kappa shape index (κ1) is 16.0. The highest BCUT2D eigenvalue weighted by molar-refractivity contribution is 5.91. The molecule has 2 aromatic rings. The fraction of sp³-hybridized carbons (Fsp3) is 0.500. The largest absolute Gasteiger partial charge is 0.338 e. The average molecular weight is 354 g/mol. The predicted molar refractivity (Wildman–Crippen MR) is 95.4 cm³/mol. The van der Waals surface area contributed by atoms with Crippen molar-refractivity contribution in [2.75, 3.05) is 19.6 Å². The summed E-state index contributed by atoms with van der Waals surface area (Å²) in [5.74, 6) is 0.982. The van der Waals surface area contributed by atoms with Crippen molar-refractivity contribution in [1.29, 1.82) is 0 Å². The predicted octanol–water partition coefficient (Wildman–Crippen LogP) is 2.56. The molecule has 5 nitrogen and oxygen atoms in total. The van der Waals surface area contributed by atoms with E-state index >= 15 is 0 Å². The van der Waals surface area contributed by atoms with Crippen molar-refractivity contribution >= 4 is 5.91 Å². The third kappa shape index (κ3) is 2.39. The Labute approximate surface area is 152 Å². The fourth-order valence-corrected chi connectivity index (χ4v) is 5.32. The van der Waals surface area contributed by atoms with Crippen LogP contribution in [-0.4, -0.2) is 57.4 Å². The fourth-order valence-electron chi connectivity index (χ4n) is 5.32. The molecule has 5 heterocycles. The molecule has 6 rings (SSSR count). The van der Waals surface area contributed by atoms with E-state index in [1.807, 2.05) is 24.0 Å². The van der Waals surface area contributed by atoms with Gasteiger partial charge in [-0.05, 0) is 56.5 Å². The Morgan fingerprint density at radius 3 is 2.58 bits per heavy atom. The molecular formula is C20H23FN4O. The van der Waals surface area contributed by atoms with Gasteiger partial charge in [0.2, 0.25) is 0 Å². The van der Waals surface area contributed by atoms with Crippen molar-refractivity contribution < 1.29 is 9.18 Å². The van der Waals surface area contributed by atoms with E-state index in [1.54, 1.807) is 6.20 Å². The number of rotatable bonds is 2. The number of halogens is 1. The highest BCUT2D eigenvalue weighted by Crippen LogP contribution is 2.46. The molecule has 1 aromatic heterocycles.